The summed E-state index contributed by atoms with van der Waals surface area (Å²) in [6.07, 6.45) is 2.57. The molecule has 1 atom stereocenters. The van der Waals surface area contributed by atoms with Gasteiger partial charge in [0.1, 0.15) is 6.33 Å². The Bertz CT molecular complexity index is 358. The Kier molecular flexibility index (Phi) is 5.21. The number of hydrogen-bond acceptors (Lipinski definition) is 4. The summed E-state index contributed by atoms with van der Waals surface area (Å²) in [6, 6.07) is 0.123. The Morgan fingerprint density at radius 2 is 2.38 bits per heavy atom. The molecular weight excluding hydrogens is 208 g/mol. The molecule has 0 amide bonds. The second-order valence-electron chi connectivity index (χ2n) is 3.81. The molecule has 6 heteroatoms. The van der Waals surface area contributed by atoms with Crippen LogP contribution in [-0.2, 0) is 18.3 Å². The van der Waals surface area contributed by atoms with E-state index < -0.39 is 0 Å². The second kappa shape index (κ2) is 6.44. The van der Waals surface area contributed by atoms with Crippen molar-refractivity contribution in [2.24, 2.45) is 7.05 Å². The molecule has 1 heterocycles. The predicted molar refractivity (Wildman–Crippen MR) is 61.4 cm³/mol. The molecule has 1 unspecified atom stereocenters. The standard InChI is InChI=1S/C10H20N4O2/c1-4-5-11-9(7-16-3)6-14-10(15)13(2)8-12-14/h8-9,11H,4-7H2,1-3H3. The summed E-state index contributed by atoms with van der Waals surface area (Å²) in [4.78, 5) is 11.6. The van der Waals surface area contributed by atoms with Crippen molar-refractivity contribution in [3.05, 3.63) is 16.8 Å². The molecule has 0 saturated carbocycles. The van der Waals surface area contributed by atoms with Crippen LogP contribution in [0.1, 0.15) is 13.3 Å². The maximum atomic E-state index is 11.6. The summed E-state index contributed by atoms with van der Waals surface area (Å²) in [6.45, 7) is 4.12. The molecule has 0 spiro atoms. The highest BCUT2D eigenvalue weighted by molar-refractivity contribution is 4.71. The third-order valence-corrected chi connectivity index (χ3v) is 2.33. The van der Waals surface area contributed by atoms with Gasteiger partial charge < -0.3 is 10.1 Å². The number of nitrogens with zero attached hydrogens (tertiary/aromatic N) is 3. The van der Waals surface area contributed by atoms with E-state index in [1.165, 1.54) is 15.6 Å². The van der Waals surface area contributed by atoms with Crippen LogP contribution in [0.2, 0.25) is 0 Å². The van der Waals surface area contributed by atoms with Crippen molar-refractivity contribution >= 4 is 0 Å². The molecule has 1 aromatic heterocycles. The lowest BCUT2D eigenvalue weighted by atomic mass is 10.3. The molecule has 0 aliphatic carbocycles. The zero-order valence-electron chi connectivity index (χ0n) is 10.1. The van der Waals surface area contributed by atoms with E-state index in [1.54, 1.807) is 14.2 Å². The average Bonchev–Trinajstić information content (AvgIpc) is 2.58. The van der Waals surface area contributed by atoms with Gasteiger partial charge in [-0.25, -0.2) is 9.48 Å². The monoisotopic (exact) mass is 228 g/mol. The van der Waals surface area contributed by atoms with Gasteiger partial charge in [0.25, 0.3) is 0 Å². The lowest BCUT2D eigenvalue weighted by Gasteiger charge is -2.16. The molecular formula is C10H20N4O2. The van der Waals surface area contributed by atoms with Gasteiger partial charge in [0.05, 0.1) is 19.2 Å². The van der Waals surface area contributed by atoms with Crippen LogP contribution >= 0.6 is 0 Å². The Morgan fingerprint density at radius 1 is 1.62 bits per heavy atom. The smallest absolute Gasteiger partial charge is 0.345 e. The SMILES string of the molecule is CCCNC(COC)Cn1ncn(C)c1=O. The fourth-order valence-corrected chi connectivity index (χ4v) is 1.48. The summed E-state index contributed by atoms with van der Waals surface area (Å²) >= 11 is 0. The van der Waals surface area contributed by atoms with Crippen molar-refractivity contribution in [1.82, 2.24) is 19.7 Å². The Hall–Kier alpha value is -1.14. The van der Waals surface area contributed by atoms with E-state index in [9.17, 15) is 4.79 Å². The largest absolute Gasteiger partial charge is 0.383 e. The van der Waals surface area contributed by atoms with Crippen LogP contribution in [0, 0.1) is 0 Å². The van der Waals surface area contributed by atoms with Crippen LogP contribution in [0.15, 0.2) is 11.1 Å². The van der Waals surface area contributed by atoms with Crippen LogP contribution in [0.3, 0.4) is 0 Å². The minimum atomic E-state index is -0.0978. The zero-order valence-corrected chi connectivity index (χ0v) is 10.1. The average molecular weight is 228 g/mol. The predicted octanol–water partition coefficient (Wildman–Crippen LogP) is -0.404. The van der Waals surface area contributed by atoms with E-state index in [0.717, 1.165) is 13.0 Å². The summed E-state index contributed by atoms with van der Waals surface area (Å²) < 4.78 is 8.02. The Morgan fingerprint density at radius 3 is 2.88 bits per heavy atom. The topological polar surface area (TPSA) is 61.1 Å². The third kappa shape index (κ3) is 3.46. The molecule has 0 aromatic carbocycles. The summed E-state index contributed by atoms with van der Waals surface area (Å²) in [5.41, 5.74) is -0.0978. The molecule has 0 fully saturated rings. The summed E-state index contributed by atoms with van der Waals surface area (Å²) in [7, 11) is 3.35. The molecule has 1 rings (SSSR count). The highest BCUT2D eigenvalue weighted by Gasteiger charge is 2.11. The molecule has 0 radical (unpaired) electrons. The first-order chi connectivity index (χ1) is 7.69. The van der Waals surface area contributed by atoms with Crippen LogP contribution in [0.5, 0.6) is 0 Å². The van der Waals surface area contributed by atoms with Gasteiger partial charge in [-0.1, -0.05) is 6.92 Å². The quantitative estimate of drug-likeness (QED) is 0.689. The molecule has 92 valence electrons. The van der Waals surface area contributed by atoms with Gasteiger partial charge in [-0.2, -0.15) is 5.10 Å². The number of ether oxygens (including phenoxy) is 1. The highest BCUT2D eigenvalue weighted by Crippen LogP contribution is 1.90. The normalized spacial score (nSPS) is 12.9. The Labute approximate surface area is 95.2 Å². The van der Waals surface area contributed by atoms with Gasteiger partial charge >= 0.3 is 5.69 Å². The van der Waals surface area contributed by atoms with Crippen molar-refractivity contribution < 1.29 is 4.74 Å². The lowest BCUT2D eigenvalue weighted by Crippen LogP contribution is -2.40. The Balaban J connectivity index is 2.60. The van der Waals surface area contributed by atoms with E-state index >= 15 is 0 Å². The van der Waals surface area contributed by atoms with Gasteiger partial charge in [-0.05, 0) is 13.0 Å². The summed E-state index contributed by atoms with van der Waals surface area (Å²) in [5.74, 6) is 0. The fourth-order valence-electron chi connectivity index (χ4n) is 1.48. The van der Waals surface area contributed by atoms with Crippen LogP contribution < -0.4 is 11.0 Å². The van der Waals surface area contributed by atoms with E-state index in [1.807, 2.05) is 0 Å². The van der Waals surface area contributed by atoms with E-state index in [-0.39, 0.29) is 11.7 Å². The van der Waals surface area contributed by atoms with Gasteiger partial charge in [-0.15, -0.1) is 0 Å². The number of aromatic nitrogens is 3. The maximum absolute atomic E-state index is 11.6. The molecule has 1 N–H and O–H groups in total. The molecule has 16 heavy (non-hydrogen) atoms. The molecule has 0 aliphatic rings. The zero-order chi connectivity index (χ0) is 12.0. The van der Waals surface area contributed by atoms with Crippen molar-refractivity contribution in [2.45, 2.75) is 25.9 Å². The van der Waals surface area contributed by atoms with Crippen molar-refractivity contribution in [3.63, 3.8) is 0 Å². The maximum Gasteiger partial charge on any atom is 0.345 e. The minimum Gasteiger partial charge on any atom is -0.383 e. The van der Waals surface area contributed by atoms with E-state index in [2.05, 4.69) is 17.3 Å². The van der Waals surface area contributed by atoms with Gasteiger partial charge in [0.15, 0.2) is 0 Å². The van der Waals surface area contributed by atoms with E-state index in [4.69, 9.17) is 4.74 Å². The lowest BCUT2D eigenvalue weighted by molar-refractivity contribution is 0.156. The van der Waals surface area contributed by atoms with Gasteiger partial charge in [0, 0.05) is 14.2 Å². The van der Waals surface area contributed by atoms with Crippen molar-refractivity contribution in [2.75, 3.05) is 20.3 Å². The second-order valence-corrected chi connectivity index (χ2v) is 3.81. The van der Waals surface area contributed by atoms with Gasteiger partial charge in [0.2, 0.25) is 0 Å². The first-order valence-electron chi connectivity index (χ1n) is 5.49. The molecule has 0 bridgehead atoms. The van der Waals surface area contributed by atoms with E-state index in [0.29, 0.717) is 13.2 Å². The first kappa shape index (κ1) is 12.9. The number of aryl methyl sites for hydroxylation is 1. The van der Waals surface area contributed by atoms with Gasteiger partial charge in [-0.3, -0.25) is 4.57 Å². The van der Waals surface area contributed by atoms with Crippen LogP contribution in [-0.4, -0.2) is 40.7 Å². The number of hydrogen-bond donors (Lipinski definition) is 1. The van der Waals surface area contributed by atoms with Crippen LogP contribution in [0.4, 0.5) is 0 Å². The number of methoxy groups -OCH3 is 1. The highest BCUT2D eigenvalue weighted by atomic mass is 16.5. The summed E-state index contributed by atoms with van der Waals surface area (Å²) in [5, 5.41) is 7.34. The molecule has 6 nitrogen and oxygen atoms in total. The molecule has 0 saturated heterocycles. The van der Waals surface area contributed by atoms with Crippen LogP contribution in [0.25, 0.3) is 0 Å². The number of rotatable bonds is 7. The molecule has 1 aromatic rings. The fraction of sp³-hybridized carbons (Fsp3) is 0.800. The number of nitrogens with one attached hydrogen (secondary N) is 1. The third-order valence-electron chi connectivity index (χ3n) is 2.33. The molecule has 0 aliphatic heterocycles. The first-order valence-corrected chi connectivity index (χ1v) is 5.49. The van der Waals surface area contributed by atoms with Crippen molar-refractivity contribution in [1.29, 1.82) is 0 Å². The van der Waals surface area contributed by atoms with Crippen molar-refractivity contribution in [3.8, 4) is 0 Å². The minimum absolute atomic E-state index is 0.0978.